The van der Waals surface area contributed by atoms with Crippen LogP contribution in [0.1, 0.15) is 41.1 Å². The van der Waals surface area contributed by atoms with Crippen molar-refractivity contribution in [1.29, 1.82) is 0 Å². The highest BCUT2D eigenvalue weighted by Gasteiger charge is 2.28. The molecule has 1 aliphatic rings. The summed E-state index contributed by atoms with van der Waals surface area (Å²) in [4.78, 5) is 24.8. The first-order chi connectivity index (χ1) is 8.99. The van der Waals surface area contributed by atoms with Crippen molar-refractivity contribution in [3.8, 4) is 0 Å². The molecular formula is C13H18N2O4. The smallest absolute Gasteiger partial charge is 0.303 e. The zero-order chi connectivity index (χ0) is 14.0. The van der Waals surface area contributed by atoms with Crippen LogP contribution in [0.4, 0.5) is 0 Å². The molecule has 1 aromatic heterocycles. The van der Waals surface area contributed by atoms with E-state index in [0.29, 0.717) is 30.1 Å². The third-order valence-electron chi connectivity index (χ3n) is 3.61. The number of carbonyl (C=O) groups is 2. The van der Waals surface area contributed by atoms with E-state index in [1.54, 1.807) is 18.7 Å². The van der Waals surface area contributed by atoms with E-state index in [-0.39, 0.29) is 18.2 Å². The maximum Gasteiger partial charge on any atom is 0.303 e. The molecule has 1 aliphatic heterocycles. The Morgan fingerprint density at radius 1 is 1.37 bits per heavy atom. The van der Waals surface area contributed by atoms with E-state index in [1.807, 2.05) is 0 Å². The number of aryl methyl sites for hydroxylation is 2. The normalized spacial score (nSPS) is 16.6. The Balaban J connectivity index is 1.98. The fourth-order valence-electron chi connectivity index (χ4n) is 2.53. The van der Waals surface area contributed by atoms with Crippen LogP contribution >= 0.6 is 0 Å². The second-order valence-corrected chi connectivity index (χ2v) is 5.03. The molecule has 1 amide bonds. The number of carbonyl (C=O) groups excluding carboxylic acids is 1. The fourth-order valence-corrected chi connectivity index (χ4v) is 2.53. The number of hydrogen-bond acceptors (Lipinski definition) is 4. The molecule has 1 aromatic rings. The molecule has 0 atom stereocenters. The van der Waals surface area contributed by atoms with E-state index in [9.17, 15) is 9.59 Å². The van der Waals surface area contributed by atoms with E-state index in [1.165, 1.54) is 0 Å². The summed E-state index contributed by atoms with van der Waals surface area (Å²) >= 11 is 0. The molecule has 19 heavy (non-hydrogen) atoms. The summed E-state index contributed by atoms with van der Waals surface area (Å²) in [7, 11) is 0. The first-order valence-electron chi connectivity index (χ1n) is 6.43. The minimum absolute atomic E-state index is 0.0648. The number of carboxylic acids is 1. The number of aliphatic carboxylic acids is 1. The predicted molar refractivity (Wildman–Crippen MR) is 66.9 cm³/mol. The summed E-state index contributed by atoms with van der Waals surface area (Å²) in [5.41, 5.74) is 1.15. The van der Waals surface area contributed by atoms with Gasteiger partial charge in [0.25, 0.3) is 5.91 Å². The van der Waals surface area contributed by atoms with Crippen LogP contribution in [-0.2, 0) is 4.79 Å². The lowest BCUT2D eigenvalue weighted by Crippen LogP contribution is -2.39. The van der Waals surface area contributed by atoms with Crippen molar-refractivity contribution in [2.24, 2.45) is 5.92 Å². The van der Waals surface area contributed by atoms with Gasteiger partial charge in [0.15, 0.2) is 0 Å². The molecule has 0 bridgehead atoms. The van der Waals surface area contributed by atoms with Gasteiger partial charge in [-0.3, -0.25) is 9.59 Å². The minimum Gasteiger partial charge on any atom is -0.481 e. The lowest BCUT2D eigenvalue weighted by Gasteiger charge is -2.31. The second kappa shape index (κ2) is 5.42. The highest BCUT2D eigenvalue weighted by atomic mass is 16.5. The molecule has 0 saturated carbocycles. The molecular weight excluding hydrogens is 248 g/mol. The van der Waals surface area contributed by atoms with Crippen molar-refractivity contribution < 1.29 is 19.2 Å². The molecule has 6 heteroatoms. The number of nitrogens with zero attached hydrogens (tertiary/aromatic N) is 2. The Morgan fingerprint density at radius 3 is 2.47 bits per heavy atom. The van der Waals surface area contributed by atoms with Gasteiger partial charge < -0.3 is 14.5 Å². The molecule has 0 unspecified atom stereocenters. The van der Waals surface area contributed by atoms with Gasteiger partial charge in [-0.15, -0.1) is 0 Å². The number of hydrogen-bond donors (Lipinski definition) is 1. The van der Waals surface area contributed by atoms with Crippen molar-refractivity contribution >= 4 is 11.9 Å². The van der Waals surface area contributed by atoms with Gasteiger partial charge in [-0.1, -0.05) is 5.16 Å². The average Bonchev–Trinajstić information content (AvgIpc) is 2.68. The largest absolute Gasteiger partial charge is 0.481 e. The number of rotatable bonds is 3. The Kier molecular flexibility index (Phi) is 3.87. The van der Waals surface area contributed by atoms with Crippen LogP contribution in [0.2, 0.25) is 0 Å². The molecule has 1 N–H and O–H groups in total. The van der Waals surface area contributed by atoms with Crippen molar-refractivity contribution in [2.75, 3.05) is 13.1 Å². The van der Waals surface area contributed by atoms with E-state index in [4.69, 9.17) is 9.63 Å². The number of amides is 1. The molecule has 0 aliphatic carbocycles. The molecule has 0 radical (unpaired) electrons. The van der Waals surface area contributed by atoms with Crippen molar-refractivity contribution in [2.45, 2.75) is 33.1 Å². The predicted octanol–water partition coefficient (Wildman–Crippen LogP) is 1.62. The SMILES string of the molecule is Cc1noc(C)c1C(=O)N1CCC(CC(=O)O)CC1. The minimum atomic E-state index is -0.768. The summed E-state index contributed by atoms with van der Waals surface area (Å²) in [5.74, 6) is -0.123. The van der Waals surface area contributed by atoms with Gasteiger partial charge in [0.2, 0.25) is 0 Å². The first kappa shape index (κ1) is 13.6. The quantitative estimate of drug-likeness (QED) is 0.898. The molecule has 2 rings (SSSR count). The van der Waals surface area contributed by atoms with Gasteiger partial charge in [-0.2, -0.15) is 0 Å². The number of piperidine rings is 1. The van der Waals surface area contributed by atoms with Crippen LogP contribution in [0.5, 0.6) is 0 Å². The van der Waals surface area contributed by atoms with Crippen LogP contribution in [0.15, 0.2) is 4.52 Å². The topological polar surface area (TPSA) is 83.6 Å². The van der Waals surface area contributed by atoms with Gasteiger partial charge >= 0.3 is 5.97 Å². The summed E-state index contributed by atoms with van der Waals surface area (Å²) in [6.07, 6.45) is 1.66. The summed E-state index contributed by atoms with van der Waals surface area (Å²) < 4.78 is 5.01. The van der Waals surface area contributed by atoms with E-state index < -0.39 is 5.97 Å². The van der Waals surface area contributed by atoms with Crippen molar-refractivity contribution in [1.82, 2.24) is 10.1 Å². The monoisotopic (exact) mass is 266 g/mol. The Morgan fingerprint density at radius 2 is 2.00 bits per heavy atom. The molecule has 0 spiro atoms. The molecule has 2 heterocycles. The highest BCUT2D eigenvalue weighted by Crippen LogP contribution is 2.23. The zero-order valence-electron chi connectivity index (χ0n) is 11.2. The van der Waals surface area contributed by atoms with Crippen LogP contribution in [0.3, 0.4) is 0 Å². The van der Waals surface area contributed by atoms with Crippen LogP contribution in [0.25, 0.3) is 0 Å². The summed E-state index contributed by atoms with van der Waals surface area (Å²) in [6, 6.07) is 0. The average molecular weight is 266 g/mol. The summed E-state index contributed by atoms with van der Waals surface area (Å²) in [6.45, 7) is 4.67. The third kappa shape index (κ3) is 2.94. The van der Waals surface area contributed by atoms with Gasteiger partial charge in [0, 0.05) is 19.5 Å². The van der Waals surface area contributed by atoms with Gasteiger partial charge in [-0.25, -0.2) is 0 Å². The highest BCUT2D eigenvalue weighted by molar-refractivity contribution is 5.96. The Labute approximate surface area is 111 Å². The summed E-state index contributed by atoms with van der Waals surface area (Å²) in [5, 5.41) is 12.5. The molecule has 104 valence electrons. The van der Waals surface area contributed by atoms with Crippen molar-refractivity contribution in [3.05, 3.63) is 17.0 Å². The maximum absolute atomic E-state index is 12.3. The Hall–Kier alpha value is -1.85. The van der Waals surface area contributed by atoms with Gasteiger partial charge in [0.05, 0.1) is 5.69 Å². The third-order valence-corrected chi connectivity index (χ3v) is 3.61. The Bertz CT molecular complexity index is 467. The molecule has 1 saturated heterocycles. The van der Waals surface area contributed by atoms with E-state index >= 15 is 0 Å². The van der Waals surface area contributed by atoms with Crippen molar-refractivity contribution in [3.63, 3.8) is 0 Å². The number of likely N-dealkylation sites (tertiary alicyclic amines) is 1. The number of aromatic nitrogens is 1. The maximum atomic E-state index is 12.3. The van der Waals surface area contributed by atoms with Gasteiger partial charge in [-0.05, 0) is 32.6 Å². The molecule has 1 fully saturated rings. The first-order valence-corrected chi connectivity index (χ1v) is 6.43. The van der Waals surface area contributed by atoms with Crippen LogP contribution in [-0.4, -0.2) is 40.1 Å². The van der Waals surface area contributed by atoms with Crippen LogP contribution in [0, 0.1) is 19.8 Å². The molecule has 0 aromatic carbocycles. The van der Waals surface area contributed by atoms with E-state index in [2.05, 4.69) is 5.16 Å². The lowest BCUT2D eigenvalue weighted by molar-refractivity contribution is -0.138. The zero-order valence-corrected chi connectivity index (χ0v) is 11.2. The fraction of sp³-hybridized carbons (Fsp3) is 0.615. The van der Waals surface area contributed by atoms with Gasteiger partial charge in [0.1, 0.15) is 11.3 Å². The molecule has 6 nitrogen and oxygen atoms in total. The van der Waals surface area contributed by atoms with Crippen LogP contribution < -0.4 is 0 Å². The number of carboxylic acid groups (broad SMARTS) is 1. The van der Waals surface area contributed by atoms with E-state index in [0.717, 1.165) is 12.8 Å². The standard InChI is InChI=1S/C13H18N2O4/c1-8-12(9(2)19-14-8)13(18)15-5-3-10(4-6-15)7-11(16)17/h10H,3-7H2,1-2H3,(H,16,17). The second-order valence-electron chi connectivity index (χ2n) is 5.03. The lowest BCUT2D eigenvalue weighted by atomic mass is 9.93.